The molecule has 6 nitrogen and oxygen atoms in total. The highest BCUT2D eigenvalue weighted by molar-refractivity contribution is 7.15. The minimum atomic E-state index is -0.0905. The van der Waals surface area contributed by atoms with Gasteiger partial charge in [0.15, 0.2) is 5.82 Å². The molecule has 2 aromatic heterocycles. The number of benzene rings is 1. The molecule has 0 radical (unpaired) electrons. The van der Waals surface area contributed by atoms with Crippen LogP contribution in [0, 0.1) is 12.8 Å². The van der Waals surface area contributed by atoms with Crippen LogP contribution in [-0.2, 0) is 16.0 Å². The van der Waals surface area contributed by atoms with Gasteiger partial charge in [-0.15, -0.1) is 11.3 Å². The molecule has 156 valence electrons. The van der Waals surface area contributed by atoms with Gasteiger partial charge in [0.2, 0.25) is 11.8 Å². The lowest BCUT2D eigenvalue weighted by atomic mass is 9.95. The molecule has 1 fully saturated rings. The molecule has 30 heavy (non-hydrogen) atoms. The number of carbonyl (C=O) groups is 2. The molecule has 1 aromatic carbocycles. The molecule has 0 aliphatic carbocycles. The van der Waals surface area contributed by atoms with Gasteiger partial charge >= 0.3 is 0 Å². The number of hydrogen-bond acceptors (Lipinski definition) is 4. The van der Waals surface area contributed by atoms with Crippen molar-refractivity contribution in [3.63, 3.8) is 0 Å². The minimum absolute atomic E-state index is 0.0215. The van der Waals surface area contributed by atoms with Gasteiger partial charge in [0.1, 0.15) is 0 Å². The van der Waals surface area contributed by atoms with Crippen molar-refractivity contribution in [1.29, 1.82) is 0 Å². The number of nitrogens with zero attached hydrogens (tertiary/aromatic N) is 2. The molecule has 0 saturated carbocycles. The zero-order valence-corrected chi connectivity index (χ0v) is 17.9. The van der Waals surface area contributed by atoms with E-state index in [2.05, 4.69) is 28.5 Å². The second-order valence-corrected chi connectivity index (χ2v) is 8.99. The van der Waals surface area contributed by atoms with Crippen LogP contribution in [0.25, 0.3) is 10.6 Å². The van der Waals surface area contributed by atoms with Gasteiger partial charge in [0.05, 0.1) is 10.6 Å². The fourth-order valence-corrected chi connectivity index (χ4v) is 4.60. The van der Waals surface area contributed by atoms with Gasteiger partial charge in [0, 0.05) is 36.4 Å². The summed E-state index contributed by atoms with van der Waals surface area (Å²) in [5.41, 5.74) is 2.08. The molecule has 0 spiro atoms. The van der Waals surface area contributed by atoms with Crippen LogP contribution in [0.1, 0.15) is 29.7 Å². The Morgan fingerprint density at radius 2 is 1.93 bits per heavy atom. The maximum absolute atomic E-state index is 12.6. The van der Waals surface area contributed by atoms with E-state index in [-0.39, 0.29) is 17.7 Å². The number of carbonyl (C=O) groups excluding carboxylic acids is 2. The van der Waals surface area contributed by atoms with Gasteiger partial charge < -0.3 is 10.2 Å². The summed E-state index contributed by atoms with van der Waals surface area (Å²) in [7, 11) is 0. The Hall–Kier alpha value is -2.93. The van der Waals surface area contributed by atoms with E-state index in [4.69, 9.17) is 0 Å². The highest BCUT2D eigenvalue weighted by atomic mass is 32.1. The van der Waals surface area contributed by atoms with E-state index < -0.39 is 0 Å². The monoisotopic (exact) mass is 422 g/mol. The SMILES string of the molecule is Cc1ccc(-c2cc(NC(=O)C3CCN(C(=O)CCc4ccccc4)CC3)n[nH]2)s1. The van der Waals surface area contributed by atoms with Crippen LogP contribution in [0.5, 0.6) is 0 Å². The Labute approximate surface area is 180 Å². The summed E-state index contributed by atoms with van der Waals surface area (Å²) in [6.45, 7) is 3.32. The number of anilines is 1. The number of likely N-dealkylation sites (tertiary alicyclic amines) is 1. The van der Waals surface area contributed by atoms with Crippen LogP contribution in [0.3, 0.4) is 0 Å². The number of aromatic nitrogens is 2. The van der Waals surface area contributed by atoms with E-state index in [1.165, 1.54) is 10.4 Å². The van der Waals surface area contributed by atoms with Crippen LogP contribution in [0.4, 0.5) is 5.82 Å². The van der Waals surface area contributed by atoms with E-state index in [1.807, 2.05) is 47.4 Å². The van der Waals surface area contributed by atoms with Crippen molar-refractivity contribution in [3.8, 4) is 10.6 Å². The van der Waals surface area contributed by atoms with Crippen molar-refractivity contribution in [2.75, 3.05) is 18.4 Å². The third-order valence-corrected chi connectivity index (χ3v) is 6.56. The maximum atomic E-state index is 12.6. The van der Waals surface area contributed by atoms with Crippen molar-refractivity contribution in [2.45, 2.75) is 32.6 Å². The Bertz CT molecular complexity index is 1000. The summed E-state index contributed by atoms with van der Waals surface area (Å²) in [6.07, 6.45) is 2.64. The van der Waals surface area contributed by atoms with E-state index in [9.17, 15) is 9.59 Å². The molecule has 0 bridgehead atoms. The fraction of sp³-hybridized carbons (Fsp3) is 0.348. The molecule has 1 aliphatic rings. The van der Waals surface area contributed by atoms with Crippen LogP contribution in [0.2, 0.25) is 0 Å². The predicted octanol–water partition coefficient (Wildman–Crippen LogP) is 4.26. The number of piperidine rings is 1. The summed E-state index contributed by atoms with van der Waals surface area (Å²) in [6, 6.07) is 16.0. The Morgan fingerprint density at radius 3 is 2.63 bits per heavy atom. The topological polar surface area (TPSA) is 78.1 Å². The van der Waals surface area contributed by atoms with Gasteiger partial charge in [-0.05, 0) is 43.9 Å². The van der Waals surface area contributed by atoms with Crippen LogP contribution in [0.15, 0.2) is 48.5 Å². The van der Waals surface area contributed by atoms with Crippen molar-refractivity contribution in [3.05, 3.63) is 59.0 Å². The van der Waals surface area contributed by atoms with Gasteiger partial charge in [-0.3, -0.25) is 14.7 Å². The number of amides is 2. The summed E-state index contributed by atoms with van der Waals surface area (Å²) >= 11 is 1.69. The maximum Gasteiger partial charge on any atom is 0.228 e. The number of rotatable bonds is 6. The fourth-order valence-electron chi connectivity index (χ4n) is 3.76. The first kappa shape index (κ1) is 20.3. The van der Waals surface area contributed by atoms with Crippen molar-refractivity contribution >= 4 is 29.0 Å². The first-order valence-electron chi connectivity index (χ1n) is 10.3. The number of aryl methyl sites for hydroxylation is 2. The zero-order valence-electron chi connectivity index (χ0n) is 17.1. The molecule has 1 saturated heterocycles. The molecular formula is C23H26N4O2S. The Kier molecular flexibility index (Phi) is 6.28. The third kappa shape index (κ3) is 4.97. The quantitative estimate of drug-likeness (QED) is 0.623. The lowest BCUT2D eigenvalue weighted by Gasteiger charge is -2.31. The minimum Gasteiger partial charge on any atom is -0.343 e. The molecule has 0 atom stereocenters. The number of hydrogen-bond donors (Lipinski definition) is 2. The average Bonchev–Trinajstić information content (AvgIpc) is 3.41. The molecule has 4 rings (SSSR count). The van der Waals surface area contributed by atoms with Crippen LogP contribution < -0.4 is 5.32 Å². The van der Waals surface area contributed by atoms with E-state index in [0.29, 0.717) is 38.2 Å². The van der Waals surface area contributed by atoms with E-state index in [0.717, 1.165) is 17.0 Å². The number of aromatic amines is 1. The highest BCUT2D eigenvalue weighted by Gasteiger charge is 2.27. The first-order chi connectivity index (χ1) is 14.6. The van der Waals surface area contributed by atoms with Gasteiger partial charge in [-0.1, -0.05) is 30.3 Å². The normalized spacial score (nSPS) is 14.6. The lowest BCUT2D eigenvalue weighted by molar-refractivity contribution is -0.134. The summed E-state index contributed by atoms with van der Waals surface area (Å²) in [5, 5.41) is 10.1. The molecule has 2 N–H and O–H groups in total. The average molecular weight is 423 g/mol. The van der Waals surface area contributed by atoms with E-state index in [1.54, 1.807) is 11.3 Å². The Balaban J connectivity index is 1.24. The standard InChI is InChI=1S/C23H26N4O2S/c1-16-7-9-20(30-16)19-15-21(26-25-19)24-23(29)18-11-13-27(14-12-18)22(28)10-8-17-5-3-2-4-6-17/h2-7,9,15,18H,8,10-14H2,1H3,(H2,24,25,26,29). The van der Waals surface area contributed by atoms with Crippen LogP contribution in [-0.4, -0.2) is 40.0 Å². The second kappa shape index (κ2) is 9.26. The number of thiophene rings is 1. The number of nitrogens with one attached hydrogen (secondary N) is 2. The van der Waals surface area contributed by atoms with Crippen molar-refractivity contribution in [1.82, 2.24) is 15.1 Å². The summed E-state index contributed by atoms with van der Waals surface area (Å²) in [4.78, 5) is 29.3. The van der Waals surface area contributed by atoms with E-state index >= 15 is 0 Å². The largest absolute Gasteiger partial charge is 0.343 e. The van der Waals surface area contributed by atoms with Crippen molar-refractivity contribution < 1.29 is 9.59 Å². The van der Waals surface area contributed by atoms with Gasteiger partial charge in [-0.25, -0.2) is 0 Å². The second-order valence-electron chi connectivity index (χ2n) is 7.71. The van der Waals surface area contributed by atoms with Gasteiger partial charge in [-0.2, -0.15) is 5.10 Å². The Morgan fingerprint density at radius 1 is 1.17 bits per heavy atom. The summed E-state index contributed by atoms with van der Waals surface area (Å²) < 4.78 is 0. The molecule has 7 heteroatoms. The highest BCUT2D eigenvalue weighted by Crippen LogP contribution is 2.28. The molecule has 0 unspecified atom stereocenters. The first-order valence-corrected chi connectivity index (χ1v) is 11.1. The molecule has 3 heterocycles. The lowest BCUT2D eigenvalue weighted by Crippen LogP contribution is -2.41. The van der Waals surface area contributed by atoms with Gasteiger partial charge in [0.25, 0.3) is 0 Å². The van der Waals surface area contributed by atoms with Crippen molar-refractivity contribution in [2.24, 2.45) is 5.92 Å². The summed E-state index contributed by atoms with van der Waals surface area (Å²) in [5.74, 6) is 0.599. The smallest absolute Gasteiger partial charge is 0.228 e. The number of H-pyrrole nitrogens is 1. The molecular weight excluding hydrogens is 396 g/mol. The van der Waals surface area contributed by atoms with Crippen LogP contribution >= 0.6 is 11.3 Å². The zero-order chi connectivity index (χ0) is 20.9. The molecule has 2 amide bonds. The third-order valence-electron chi connectivity index (χ3n) is 5.52. The molecule has 3 aromatic rings. The predicted molar refractivity (Wildman–Crippen MR) is 119 cm³/mol. The molecule has 1 aliphatic heterocycles.